The van der Waals surface area contributed by atoms with Crippen molar-refractivity contribution < 1.29 is 19.4 Å². The number of piperidine rings is 1. The Kier molecular flexibility index (Phi) is 6.91. The van der Waals surface area contributed by atoms with Crippen molar-refractivity contribution in [1.82, 2.24) is 4.90 Å². The van der Waals surface area contributed by atoms with E-state index in [0.717, 1.165) is 42.9 Å². The minimum absolute atomic E-state index is 0.210. The summed E-state index contributed by atoms with van der Waals surface area (Å²) in [5.41, 5.74) is 1.16. The molecule has 1 aliphatic rings. The van der Waals surface area contributed by atoms with Crippen LogP contribution in [-0.2, 0) is 4.79 Å². The summed E-state index contributed by atoms with van der Waals surface area (Å²) in [7, 11) is 0. The van der Waals surface area contributed by atoms with E-state index in [9.17, 15) is 9.90 Å². The van der Waals surface area contributed by atoms with Gasteiger partial charge < -0.3 is 14.6 Å². The third kappa shape index (κ3) is 4.41. The topological polar surface area (TPSA) is 59.0 Å². The molecule has 0 bridgehead atoms. The number of benzene rings is 1. The molecule has 0 saturated carbocycles. The van der Waals surface area contributed by atoms with Gasteiger partial charge in [0.2, 0.25) is 0 Å². The van der Waals surface area contributed by atoms with Crippen LogP contribution in [0.2, 0.25) is 0 Å². The molecule has 5 nitrogen and oxygen atoms in total. The molecule has 1 aromatic carbocycles. The summed E-state index contributed by atoms with van der Waals surface area (Å²) in [5.74, 6) is 0.584. The predicted octanol–water partition coefficient (Wildman–Crippen LogP) is 3.73. The zero-order chi connectivity index (χ0) is 17.5. The molecule has 0 aromatic heterocycles. The number of likely N-dealkylation sites (tertiary alicyclic amines) is 1. The molecule has 5 heteroatoms. The van der Waals surface area contributed by atoms with E-state index >= 15 is 0 Å². The molecule has 1 aliphatic heterocycles. The first-order valence-corrected chi connectivity index (χ1v) is 8.97. The zero-order valence-corrected chi connectivity index (χ0v) is 15.0. The van der Waals surface area contributed by atoms with Crippen molar-refractivity contribution in [3.05, 3.63) is 23.8 Å². The van der Waals surface area contributed by atoms with Gasteiger partial charge in [0.05, 0.1) is 19.1 Å². The first-order valence-electron chi connectivity index (χ1n) is 8.97. The van der Waals surface area contributed by atoms with Crippen molar-refractivity contribution in [2.24, 2.45) is 5.92 Å². The lowest BCUT2D eigenvalue weighted by Crippen LogP contribution is -2.40. The molecule has 2 unspecified atom stereocenters. The van der Waals surface area contributed by atoms with Gasteiger partial charge in [-0.1, -0.05) is 13.0 Å². The van der Waals surface area contributed by atoms with Crippen molar-refractivity contribution in [3.63, 3.8) is 0 Å². The maximum Gasteiger partial charge on any atom is 0.307 e. The zero-order valence-electron chi connectivity index (χ0n) is 15.0. The summed E-state index contributed by atoms with van der Waals surface area (Å²) < 4.78 is 11.4. The number of aliphatic carboxylic acids is 1. The van der Waals surface area contributed by atoms with Crippen LogP contribution in [-0.4, -0.2) is 42.3 Å². The summed E-state index contributed by atoms with van der Waals surface area (Å²) in [6.45, 7) is 8.81. The third-order valence-corrected chi connectivity index (χ3v) is 4.58. The Balaban J connectivity index is 2.22. The molecule has 1 fully saturated rings. The van der Waals surface area contributed by atoms with Crippen molar-refractivity contribution in [3.8, 4) is 11.5 Å². The lowest BCUT2D eigenvalue weighted by atomic mass is 9.93. The van der Waals surface area contributed by atoms with Crippen LogP contribution in [0.25, 0.3) is 0 Å². The number of hydrogen-bond acceptors (Lipinski definition) is 4. The molecule has 2 atom stereocenters. The number of carboxylic acid groups (broad SMARTS) is 1. The molecule has 0 amide bonds. The van der Waals surface area contributed by atoms with E-state index in [1.807, 2.05) is 26.0 Å². The molecule has 1 saturated heterocycles. The standard InChI is InChI=1S/C19H29NO4/c1-4-16(20-11-7-8-15(13-20)19(21)22)14-9-10-17(23-5-2)18(12-14)24-6-3/h9-10,12,15-16H,4-8,11,13H2,1-3H3,(H,21,22). The fourth-order valence-electron chi connectivity index (χ4n) is 3.47. The van der Waals surface area contributed by atoms with Gasteiger partial charge in [-0.25, -0.2) is 0 Å². The van der Waals surface area contributed by atoms with Gasteiger partial charge in [0.15, 0.2) is 11.5 Å². The first-order chi connectivity index (χ1) is 11.6. The maximum atomic E-state index is 11.3. The lowest BCUT2D eigenvalue weighted by molar-refractivity contribution is -0.144. The highest BCUT2D eigenvalue weighted by atomic mass is 16.5. The van der Waals surface area contributed by atoms with Gasteiger partial charge >= 0.3 is 5.97 Å². The Morgan fingerprint density at radius 3 is 2.58 bits per heavy atom. The number of nitrogens with zero attached hydrogens (tertiary/aromatic N) is 1. The van der Waals surface area contributed by atoms with Crippen molar-refractivity contribution in [2.75, 3.05) is 26.3 Å². The van der Waals surface area contributed by atoms with Gasteiger partial charge in [-0.05, 0) is 57.4 Å². The Labute approximate surface area is 144 Å². The van der Waals surface area contributed by atoms with E-state index < -0.39 is 5.97 Å². The van der Waals surface area contributed by atoms with Crippen molar-refractivity contribution in [1.29, 1.82) is 0 Å². The van der Waals surface area contributed by atoms with Gasteiger partial charge in [0.25, 0.3) is 0 Å². The van der Waals surface area contributed by atoms with Crippen molar-refractivity contribution in [2.45, 2.75) is 46.1 Å². The highest BCUT2D eigenvalue weighted by molar-refractivity contribution is 5.70. The van der Waals surface area contributed by atoms with Gasteiger partial charge in [-0.2, -0.15) is 0 Å². The van der Waals surface area contributed by atoms with E-state index in [0.29, 0.717) is 19.8 Å². The Morgan fingerprint density at radius 1 is 1.25 bits per heavy atom. The highest BCUT2D eigenvalue weighted by Crippen LogP contribution is 2.35. The van der Waals surface area contributed by atoms with Gasteiger partial charge in [0, 0.05) is 12.6 Å². The van der Waals surface area contributed by atoms with Gasteiger partial charge in [-0.15, -0.1) is 0 Å². The van der Waals surface area contributed by atoms with E-state index in [4.69, 9.17) is 9.47 Å². The normalized spacial score (nSPS) is 19.7. The van der Waals surface area contributed by atoms with Crippen LogP contribution in [0.4, 0.5) is 0 Å². The Hall–Kier alpha value is -1.75. The number of carbonyl (C=O) groups is 1. The molecule has 0 radical (unpaired) electrons. The van der Waals surface area contributed by atoms with Crippen LogP contribution in [0.1, 0.15) is 51.6 Å². The van der Waals surface area contributed by atoms with Crippen LogP contribution in [0, 0.1) is 5.92 Å². The number of carboxylic acids is 1. The largest absolute Gasteiger partial charge is 0.490 e. The minimum atomic E-state index is -0.684. The van der Waals surface area contributed by atoms with E-state index in [1.165, 1.54) is 0 Å². The summed E-state index contributed by atoms with van der Waals surface area (Å²) in [5, 5.41) is 9.33. The highest BCUT2D eigenvalue weighted by Gasteiger charge is 2.30. The molecule has 2 rings (SSSR count). The van der Waals surface area contributed by atoms with Gasteiger partial charge in [-0.3, -0.25) is 9.69 Å². The fourth-order valence-corrected chi connectivity index (χ4v) is 3.47. The SMILES string of the molecule is CCOc1ccc(C(CC)N2CCCC(C(=O)O)C2)cc1OCC. The third-order valence-electron chi connectivity index (χ3n) is 4.58. The van der Waals surface area contributed by atoms with Crippen molar-refractivity contribution >= 4 is 5.97 Å². The Morgan fingerprint density at radius 2 is 1.96 bits per heavy atom. The monoisotopic (exact) mass is 335 g/mol. The van der Waals surface area contributed by atoms with Crippen LogP contribution in [0.3, 0.4) is 0 Å². The molecule has 1 heterocycles. The first kappa shape index (κ1) is 18.6. The summed E-state index contributed by atoms with van der Waals surface area (Å²) in [6.07, 6.45) is 2.64. The minimum Gasteiger partial charge on any atom is -0.490 e. The summed E-state index contributed by atoms with van der Waals surface area (Å²) >= 11 is 0. The Bertz CT molecular complexity index is 546. The lowest BCUT2D eigenvalue weighted by Gasteiger charge is -2.37. The molecule has 1 N–H and O–H groups in total. The number of hydrogen-bond donors (Lipinski definition) is 1. The molecular formula is C19H29NO4. The summed E-state index contributed by atoms with van der Waals surface area (Å²) in [4.78, 5) is 13.6. The molecular weight excluding hydrogens is 306 g/mol. The second-order valence-corrected chi connectivity index (χ2v) is 6.17. The molecule has 0 aliphatic carbocycles. The second kappa shape index (κ2) is 8.92. The fraction of sp³-hybridized carbons (Fsp3) is 0.632. The maximum absolute atomic E-state index is 11.3. The summed E-state index contributed by atoms with van der Waals surface area (Å²) in [6, 6.07) is 6.30. The van der Waals surface area contributed by atoms with Crippen LogP contribution < -0.4 is 9.47 Å². The van der Waals surface area contributed by atoms with E-state index in [-0.39, 0.29) is 12.0 Å². The molecule has 0 spiro atoms. The molecule has 134 valence electrons. The van der Waals surface area contributed by atoms with E-state index in [1.54, 1.807) is 0 Å². The van der Waals surface area contributed by atoms with E-state index in [2.05, 4.69) is 17.9 Å². The average Bonchev–Trinajstić information content (AvgIpc) is 2.58. The number of rotatable bonds is 8. The van der Waals surface area contributed by atoms with Crippen LogP contribution in [0.5, 0.6) is 11.5 Å². The molecule has 24 heavy (non-hydrogen) atoms. The second-order valence-electron chi connectivity index (χ2n) is 6.17. The average molecular weight is 335 g/mol. The quantitative estimate of drug-likeness (QED) is 0.784. The van der Waals surface area contributed by atoms with Gasteiger partial charge in [0.1, 0.15) is 0 Å². The smallest absolute Gasteiger partial charge is 0.307 e. The van der Waals surface area contributed by atoms with Crippen LogP contribution >= 0.6 is 0 Å². The number of ether oxygens (including phenoxy) is 2. The van der Waals surface area contributed by atoms with Crippen LogP contribution in [0.15, 0.2) is 18.2 Å². The molecule has 1 aromatic rings. The predicted molar refractivity (Wildman–Crippen MR) is 93.7 cm³/mol.